The molecule has 2 aromatic carbocycles. The molecule has 3 N–H and O–H groups in total. The number of aromatic nitrogens is 1. The first-order valence-electron chi connectivity index (χ1n) is 8.91. The molecule has 0 fully saturated rings. The Labute approximate surface area is 163 Å². The molecule has 1 heterocycles. The highest BCUT2D eigenvalue weighted by molar-refractivity contribution is 7.97. The van der Waals surface area contributed by atoms with Gasteiger partial charge < -0.3 is 10.4 Å². The Balaban J connectivity index is 1.37. The van der Waals surface area contributed by atoms with Crippen molar-refractivity contribution in [2.75, 3.05) is 13.1 Å². The van der Waals surface area contributed by atoms with Crippen molar-refractivity contribution < 1.29 is 9.90 Å². The third-order valence-corrected chi connectivity index (χ3v) is 5.24. The first-order valence-corrected chi connectivity index (χ1v) is 9.72. The number of nitrogens with zero attached hydrogens (tertiary/aromatic N) is 1. The molecule has 5 nitrogen and oxygen atoms in total. The van der Waals surface area contributed by atoms with Crippen LogP contribution in [0.2, 0.25) is 0 Å². The van der Waals surface area contributed by atoms with Gasteiger partial charge in [0.1, 0.15) is 0 Å². The van der Waals surface area contributed by atoms with E-state index in [0.29, 0.717) is 11.6 Å². The van der Waals surface area contributed by atoms with Crippen molar-refractivity contribution in [3.05, 3.63) is 72.1 Å². The number of hydrogen-bond donors (Lipinski definition) is 3. The summed E-state index contributed by atoms with van der Waals surface area (Å²) in [6.07, 6.45) is 4.56. The fourth-order valence-corrected chi connectivity index (χ4v) is 3.44. The second-order valence-electron chi connectivity index (χ2n) is 6.46. The van der Waals surface area contributed by atoms with Gasteiger partial charge in [0.25, 0.3) is 0 Å². The Hall–Kier alpha value is -2.41. The zero-order valence-corrected chi connectivity index (χ0v) is 16.0. The van der Waals surface area contributed by atoms with Crippen LogP contribution in [0.1, 0.15) is 22.8 Å². The van der Waals surface area contributed by atoms with Crippen molar-refractivity contribution in [1.82, 2.24) is 15.0 Å². The largest absolute Gasteiger partial charge is 0.478 e. The van der Waals surface area contributed by atoms with E-state index < -0.39 is 5.97 Å². The van der Waals surface area contributed by atoms with Gasteiger partial charge in [-0.05, 0) is 73.1 Å². The summed E-state index contributed by atoms with van der Waals surface area (Å²) in [5.74, 6) is -0.889. The summed E-state index contributed by atoms with van der Waals surface area (Å²) in [6, 6.07) is 15.7. The minimum absolute atomic E-state index is 0.317. The Bertz CT molecular complexity index is 899. The first kappa shape index (κ1) is 19.4. The van der Waals surface area contributed by atoms with E-state index in [9.17, 15) is 4.79 Å². The monoisotopic (exact) mass is 381 g/mol. The Morgan fingerprint density at radius 3 is 2.74 bits per heavy atom. The van der Waals surface area contributed by atoms with Crippen LogP contribution in [0.25, 0.3) is 10.8 Å². The van der Waals surface area contributed by atoms with E-state index in [0.717, 1.165) is 30.5 Å². The van der Waals surface area contributed by atoms with Gasteiger partial charge in [0.05, 0.1) is 5.56 Å². The molecule has 0 amide bonds. The molecule has 0 spiro atoms. The van der Waals surface area contributed by atoms with Crippen LogP contribution in [0.3, 0.4) is 0 Å². The van der Waals surface area contributed by atoms with Crippen molar-refractivity contribution in [2.24, 2.45) is 0 Å². The van der Waals surface area contributed by atoms with Crippen LogP contribution in [0.5, 0.6) is 0 Å². The number of nitrogens with one attached hydrogen (secondary N) is 2. The van der Waals surface area contributed by atoms with Crippen LogP contribution in [-0.4, -0.2) is 35.2 Å². The van der Waals surface area contributed by atoms with Crippen LogP contribution in [-0.2, 0) is 6.42 Å². The number of carboxylic acids is 1. The molecule has 0 aliphatic heterocycles. The zero-order chi connectivity index (χ0) is 19.1. The van der Waals surface area contributed by atoms with Gasteiger partial charge in [-0.3, -0.25) is 9.71 Å². The molecule has 0 radical (unpaired) electrons. The average molecular weight is 382 g/mol. The standard InChI is InChI=1S/C21H23N3O2S/c1-15(13-22-10-8-16-2-4-17(5-3-16)21(25)26)24-27-20-7-6-19-14-23-11-9-18(19)12-20/h2-7,9,11-12,14-15,22,24H,8,10,13H2,1H3,(H,25,26)/t15-/m1/s1. The van der Waals surface area contributed by atoms with E-state index in [1.165, 1.54) is 10.3 Å². The maximum Gasteiger partial charge on any atom is 0.335 e. The highest BCUT2D eigenvalue weighted by Crippen LogP contribution is 2.21. The summed E-state index contributed by atoms with van der Waals surface area (Å²) >= 11 is 1.64. The molecule has 0 aliphatic carbocycles. The molecule has 0 saturated carbocycles. The molecule has 3 rings (SSSR count). The van der Waals surface area contributed by atoms with Gasteiger partial charge in [-0.15, -0.1) is 0 Å². The molecule has 140 valence electrons. The van der Waals surface area contributed by atoms with E-state index in [1.807, 2.05) is 30.6 Å². The molecule has 0 unspecified atom stereocenters. The van der Waals surface area contributed by atoms with Crippen LogP contribution in [0, 0.1) is 0 Å². The van der Waals surface area contributed by atoms with E-state index >= 15 is 0 Å². The summed E-state index contributed by atoms with van der Waals surface area (Å²) < 4.78 is 3.46. The normalized spacial score (nSPS) is 12.2. The average Bonchev–Trinajstić information content (AvgIpc) is 2.70. The van der Waals surface area contributed by atoms with Crippen LogP contribution >= 0.6 is 11.9 Å². The fourth-order valence-electron chi connectivity index (χ4n) is 2.70. The zero-order valence-electron chi connectivity index (χ0n) is 15.2. The van der Waals surface area contributed by atoms with E-state index in [-0.39, 0.29) is 0 Å². The van der Waals surface area contributed by atoms with Crippen molar-refractivity contribution in [3.8, 4) is 0 Å². The minimum atomic E-state index is -0.889. The molecular formula is C21H23N3O2S. The number of carbonyl (C=O) groups is 1. The summed E-state index contributed by atoms with van der Waals surface area (Å²) in [5.41, 5.74) is 1.46. The summed E-state index contributed by atoms with van der Waals surface area (Å²) in [6.45, 7) is 3.86. The molecule has 0 bridgehead atoms. The Kier molecular flexibility index (Phi) is 6.81. The number of fused-ring (bicyclic) bond motifs is 1. The van der Waals surface area contributed by atoms with Crippen molar-refractivity contribution in [2.45, 2.75) is 24.3 Å². The van der Waals surface area contributed by atoms with Crippen molar-refractivity contribution >= 4 is 28.7 Å². The third kappa shape index (κ3) is 5.79. The second-order valence-corrected chi connectivity index (χ2v) is 7.37. The molecule has 0 aliphatic rings. The summed E-state index contributed by atoms with van der Waals surface area (Å²) in [7, 11) is 0. The predicted molar refractivity (Wildman–Crippen MR) is 110 cm³/mol. The maximum absolute atomic E-state index is 10.9. The molecule has 1 atom stereocenters. The molecular weight excluding hydrogens is 358 g/mol. The number of rotatable bonds is 9. The molecule has 3 aromatic rings. The van der Waals surface area contributed by atoms with Crippen molar-refractivity contribution in [1.29, 1.82) is 0 Å². The fraction of sp³-hybridized carbons (Fsp3) is 0.238. The molecule has 0 saturated heterocycles. The van der Waals surface area contributed by atoms with Gasteiger partial charge in [0.2, 0.25) is 0 Å². The van der Waals surface area contributed by atoms with Gasteiger partial charge in [-0.1, -0.05) is 18.2 Å². The first-order chi connectivity index (χ1) is 13.1. The topological polar surface area (TPSA) is 74.2 Å². The van der Waals surface area contributed by atoms with Gasteiger partial charge in [-0.2, -0.15) is 0 Å². The van der Waals surface area contributed by atoms with Gasteiger partial charge in [-0.25, -0.2) is 4.79 Å². The van der Waals surface area contributed by atoms with Gasteiger partial charge in [0, 0.05) is 35.3 Å². The minimum Gasteiger partial charge on any atom is -0.478 e. The molecule has 6 heteroatoms. The Morgan fingerprint density at radius 2 is 1.96 bits per heavy atom. The van der Waals surface area contributed by atoms with Crippen LogP contribution in [0.15, 0.2) is 65.8 Å². The highest BCUT2D eigenvalue weighted by Gasteiger charge is 2.04. The van der Waals surface area contributed by atoms with Crippen molar-refractivity contribution in [3.63, 3.8) is 0 Å². The molecule has 27 heavy (non-hydrogen) atoms. The van der Waals surface area contributed by atoms with Crippen LogP contribution in [0.4, 0.5) is 0 Å². The number of aromatic carboxylic acids is 1. The second kappa shape index (κ2) is 9.50. The van der Waals surface area contributed by atoms with E-state index in [4.69, 9.17) is 5.11 Å². The van der Waals surface area contributed by atoms with Gasteiger partial charge >= 0.3 is 5.97 Å². The lowest BCUT2D eigenvalue weighted by atomic mass is 10.1. The quantitative estimate of drug-likeness (QED) is 0.387. The number of hydrogen-bond acceptors (Lipinski definition) is 5. The SMILES string of the molecule is C[C@H](CNCCc1ccc(C(=O)O)cc1)NSc1ccc2cnccc2c1. The highest BCUT2D eigenvalue weighted by atomic mass is 32.2. The molecule has 1 aromatic heterocycles. The number of carboxylic acid groups (broad SMARTS) is 1. The predicted octanol–water partition coefficient (Wildman–Crippen LogP) is 3.75. The summed E-state index contributed by atoms with van der Waals surface area (Å²) in [4.78, 5) is 16.2. The van der Waals surface area contributed by atoms with E-state index in [2.05, 4.69) is 40.1 Å². The summed E-state index contributed by atoms with van der Waals surface area (Å²) in [5, 5.41) is 14.7. The smallest absolute Gasteiger partial charge is 0.335 e. The lowest BCUT2D eigenvalue weighted by Gasteiger charge is -2.14. The van der Waals surface area contributed by atoms with Crippen LogP contribution < -0.4 is 10.0 Å². The third-order valence-electron chi connectivity index (χ3n) is 4.23. The maximum atomic E-state index is 10.9. The lowest BCUT2D eigenvalue weighted by Crippen LogP contribution is -2.33. The Morgan fingerprint density at radius 1 is 1.15 bits per heavy atom. The van der Waals surface area contributed by atoms with Gasteiger partial charge in [0.15, 0.2) is 0 Å². The lowest BCUT2D eigenvalue weighted by molar-refractivity contribution is 0.0697. The number of benzene rings is 2. The number of pyridine rings is 1. The van der Waals surface area contributed by atoms with E-state index in [1.54, 1.807) is 24.1 Å².